The number of nitrogens with one attached hydrogen (secondary N) is 1. The van der Waals surface area contributed by atoms with E-state index in [1.54, 1.807) is 0 Å². The summed E-state index contributed by atoms with van der Waals surface area (Å²) in [5.41, 5.74) is 0. The highest BCUT2D eigenvalue weighted by Gasteiger charge is 2.25. The van der Waals surface area contributed by atoms with Gasteiger partial charge in [-0.2, -0.15) is 0 Å². The Morgan fingerprint density at radius 3 is 2.25 bits per heavy atom. The SMILES string of the molecule is CCCCN(CCCC)C1CNCCC1C. The minimum atomic E-state index is 0.784. The molecular formula is C14H30N2. The minimum absolute atomic E-state index is 0.784. The van der Waals surface area contributed by atoms with Gasteiger partial charge >= 0.3 is 0 Å². The summed E-state index contributed by atoms with van der Waals surface area (Å²) in [4.78, 5) is 2.74. The number of hydrogen-bond donors (Lipinski definition) is 1. The van der Waals surface area contributed by atoms with Gasteiger partial charge in [-0.3, -0.25) is 4.90 Å². The van der Waals surface area contributed by atoms with E-state index in [1.165, 1.54) is 58.3 Å². The molecule has 2 unspecified atom stereocenters. The lowest BCUT2D eigenvalue weighted by Gasteiger charge is -2.39. The van der Waals surface area contributed by atoms with Gasteiger partial charge in [0.2, 0.25) is 0 Å². The number of rotatable bonds is 7. The molecule has 2 atom stereocenters. The zero-order valence-electron chi connectivity index (χ0n) is 11.5. The lowest BCUT2D eigenvalue weighted by Crippen LogP contribution is -2.51. The van der Waals surface area contributed by atoms with Crippen molar-refractivity contribution in [3.8, 4) is 0 Å². The highest BCUT2D eigenvalue weighted by atomic mass is 15.2. The molecule has 1 fully saturated rings. The summed E-state index contributed by atoms with van der Waals surface area (Å²) in [5, 5.41) is 3.56. The molecule has 0 aromatic rings. The highest BCUT2D eigenvalue weighted by Crippen LogP contribution is 2.18. The molecule has 1 heterocycles. The topological polar surface area (TPSA) is 15.3 Å². The van der Waals surface area contributed by atoms with Crippen molar-refractivity contribution in [2.75, 3.05) is 26.2 Å². The molecule has 0 aliphatic carbocycles. The maximum Gasteiger partial charge on any atom is 0.0246 e. The summed E-state index contributed by atoms with van der Waals surface area (Å²) < 4.78 is 0. The van der Waals surface area contributed by atoms with Gasteiger partial charge in [-0.1, -0.05) is 33.6 Å². The molecule has 1 rings (SSSR count). The molecule has 2 heteroatoms. The molecular weight excluding hydrogens is 196 g/mol. The second-order valence-electron chi connectivity index (χ2n) is 5.28. The zero-order valence-corrected chi connectivity index (χ0v) is 11.5. The molecule has 1 aliphatic heterocycles. The molecule has 96 valence electrons. The molecule has 1 saturated heterocycles. The van der Waals surface area contributed by atoms with E-state index in [1.807, 2.05) is 0 Å². The van der Waals surface area contributed by atoms with Crippen molar-refractivity contribution in [2.24, 2.45) is 5.92 Å². The lowest BCUT2D eigenvalue weighted by molar-refractivity contribution is 0.119. The monoisotopic (exact) mass is 226 g/mol. The van der Waals surface area contributed by atoms with Crippen molar-refractivity contribution >= 4 is 0 Å². The third kappa shape index (κ3) is 4.42. The standard InChI is InChI=1S/C14H30N2/c1-4-6-10-16(11-7-5-2)14-12-15-9-8-13(14)3/h13-15H,4-12H2,1-3H3. The zero-order chi connectivity index (χ0) is 11.8. The minimum Gasteiger partial charge on any atom is -0.315 e. The fourth-order valence-electron chi connectivity index (χ4n) is 2.63. The average molecular weight is 226 g/mol. The summed E-state index contributed by atoms with van der Waals surface area (Å²) in [6.07, 6.45) is 6.69. The van der Waals surface area contributed by atoms with E-state index in [2.05, 4.69) is 31.0 Å². The summed E-state index contributed by atoms with van der Waals surface area (Å²) in [5.74, 6) is 0.870. The van der Waals surface area contributed by atoms with Crippen LogP contribution in [0.2, 0.25) is 0 Å². The fourth-order valence-corrected chi connectivity index (χ4v) is 2.63. The first-order chi connectivity index (χ1) is 7.79. The first-order valence-electron chi connectivity index (χ1n) is 7.24. The second-order valence-corrected chi connectivity index (χ2v) is 5.28. The molecule has 0 aromatic carbocycles. The molecule has 0 amide bonds. The van der Waals surface area contributed by atoms with Crippen LogP contribution in [-0.4, -0.2) is 37.1 Å². The molecule has 0 spiro atoms. The first kappa shape index (κ1) is 14.0. The van der Waals surface area contributed by atoms with E-state index in [4.69, 9.17) is 0 Å². The first-order valence-corrected chi connectivity index (χ1v) is 7.24. The molecule has 0 radical (unpaired) electrons. The third-order valence-corrected chi connectivity index (χ3v) is 3.85. The largest absolute Gasteiger partial charge is 0.315 e. The third-order valence-electron chi connectivity index (χ3n) is 3.85. The van der Waals surface area contributed by atoms with Gasteiger partial charge in [0.1, 0.15) is 0 Å². The number of unbranched alkanes of at least 4 members (excludes halogenated alkanes) is 2. The van der Waals surface area contributed by atoms with Crippen LogP contribution < -0.4 is 5.32 Å². The van der Waals surface area contributed by atoms with E-state index in [0.29, 0.717) is 0 Å². The molecule has 16 heavy (non-hydrogen) atoms. The predicted molar refractivity (Wildman–Crippen MR) is 71.8 cm³/mol. The molecule has 1 N–H and O–H groups in total. The van der Waals surface area contributed by atoms with Crippen LogP contribution in [-0.2, 0) is 0 Å². The van der Waals surface area contributed by atoms with E-state index in [0.717, 1.165) is 12.0 Å². The number of hydrogen-bond acceptors (Lipinski definition) is 2. The Balaban J connectivity index is 2.44. The lowest BCUT2D eigenvalue weighted by atomic mass is 9.93. The van der Waals surface area contributed by atoms with Crippen molar-refractivity contribution in [1.29, 1.82) is 0 Å². The maximum absolute atomic E-state index is 3.56. The second kappa shape index (κ2) is 8.08. The van der Waals surface area contributed by atoms with Crippen LogP contribution >= 0.6 is 0 Å². The predicted octanol–water partition coefficient (Wildman–Crippen LogP) is 2.89. The number of nitrogens with zero attached hydrogens (tertiary/aromatic N) is 1. The smallest absolute Gasteiger partial charge is 0.0246 e. The van der Waals surface area contributed by atoms with Gasteiger partial charge in [0.15, 0.2) is 0 Å². The summed E-state index contributed by atoms with van der Waals surface area (Å²) in [6.45, 7) is 12.0. The fraction of sp³-hybridized carbons (Fsp3) is 1.00. The summed E-state index contributed by atoms with van der Waals surface area (Å²) >= 11 is 0. The quantitative estimate of drug-likeness (QED) is 0.718. The molecule has 1 aliphatic rings. The van der Waals surface area contributed by atoms with E-state index >= 15 is 0 Å². The molecule has 0 saturated carbocycles. The van der Waals surface area contributed by atoms with Crippen LogP contribution in [0.5, 0.6) is 0 Å². The van der Waals surface area contributed by atoms with Crippen molar-refractivity contribution in [1.82, 2.24) is 10.2 Å². The van der Waals surface area contributed by atoms with Gasteiger partial charge in [0, 0.05) is 12.6 Å². The summed E-state index contributed by atoms with van der Waals surface area (Å²) in [6, 6.07) is 0.784. The van der Waals surface area contributed by atoms with Crippen molar-refractivity contribution < 1.29 is 0 Å². The van der Waals surface area contributed by atoms with Crippen molar-refractivity contribution in [3.63, 3.8) is 0 Å². The van der Waals surface area contributed by atoms with Gasteiger partial charge in [-0.15, -0.1) is 0 Å². The Bertz CT molecular complexity index is 162. The Labute approximate surface area is 102 Å². The van der Waals surface area contributed by atoms with E-state index in [9.17, 15) is 0 Å². The van der Waals surface area contributed by atoms with Crippen LogP contribution in [0, 0.1) is 5.92 Å². The van der Waals surface area contributed by atoms with Gasteiger partial charge in [0.25, 0.3) is 0 Å². The van der Waals surface area contributed by atoms with Crippen LogP contribution in [0.3, 0.4) is 0 Å². The maximum atomic E-state index is 3.56. The van der Waals surface area contributed by atoms with Gasteiger partial charge < -0.3 is 5.32 Å². The van der Waals surface area contributed by atoms with Crippen molar-refractivity contribution in [2.45, 2.75) is 58.9 Å². The Morgan fingerprint density at radius 2 is 1.75 bits per heavy atom. The normalized spacial score (nSPS) is 26.2. The molecule has 0 bridgehead atoms. The van der Waals surface area contributed by atoms with Crippen LogP contribution in [0.4, 0.5) is 0 Å². The van der Waals surface area contributed by atoms with Crippen molar-refractivity contribution in [3.05, 3.63) is 0 Å². The average Bonchev–Trinajstić information content (AvgIpc) is 2.31. The van der Waals surface area contributed by atoms with E-state index in [-0.39, 0.29) is 0 Å². The summed E-state index contributed by atoms with van der Waals surface area (Å²) in [7, 11) is 0. The van der Waals surface area contributed by atoms with Crippen LogP contribution in [0.25, 0.3) is 0 Å². The van der Waals surface area contributed by atoms with E-state index < -0.39 is 0 Å². The van der Waals surface area contributed by atoms with Gasteiger partial charge in [-0.25, -0.2) is 0 Å². The Kier molecular flexibility index (Phi) is 7.06. The van der Waals surface area contributed by atoms with Crippen LogP contribution in [0.1, 0.15) is 52.9 Å². The molecule has 0 aromatic heterocycles. The Hall–Kier alpha value is -0.0800. The van der Waals surface area contributed by atoms with Gasteiger partial charge in [0.05, 0.1) is 0 Å². The van der Waals surface area contributed by atoms with Gasteiger partial charge in [-0.05, 0) is 44.8 Å². The molecule has 2 nitrogen and oxygen atoms in total. The Morgan fingerprint density at radius 1 is 1.12 bits per heavy atom. The highest BCUT2D eigenvalue weighted by molar-refractivity contribution is 4.83. The number of piperidine rings is 1. The van der Waals surface area contributed by atoms with Crippen LogP contribution in [0.15, 0.2) is 0 Å².